The van der Waals surface area contributed by atoms with Crippen molar-refractivity contribution in [3.63, 3.8) is 0 Å². The van der Waals surface area contributed by atoms with Gasteiger partial charge in [-0.3, -0.25) is 9.59 Å². The van der Waals surface area contributed by atoms with Gasteiger partial charge in [-0.25, -0.2) is 0 Å². The van der Waals surface area contributed by atoms with E-state index in [0.29, 0.717) is 0 Å². The van der Waals surface area contributed by atoms with E-state index in [4.69, 9.17) is 10.2 Å². The normalized spacial score (nSPS) is 12.2. The van der Waals surface area contributed by atoms with Gasteiger partial charge < -0.3 is 14.9 Å². The molecule has 5 heteroatoms. The van der Waals surface area contributed by atoms with Crippen LogP contribution in [0.2, 0.25) is 0 Å². The molecule has 1 atom stereocenters. The molecule has 0 radical (unpaired) electrons. The molecule has 0 aromatic carbocycles. The summed E-state index contributed by atoms with van der Waals surface area (Å²) in [4.78, 5) is 20.5. The zero-order valence-corrected chi connectivity index (χ0v) is 5.40. The number of hydrogen-bond acceptors (Lipinski definition) is 4. The van der Waals surface area contributed by atoms with Crippen LogP contribution in [0.1, 0.15) is 0 Å². The van der Waals surface area contributed by atoms with E-state index in [-0.39, 0.29) is 0 Å². The van der Waals surface area contributed by atoms with Crippen LogP contribution < -0.4 is 0 Å². The molecule has 0 amide bonds. The molecule has 2 N–H and O–H groups in total. The van der Waals surface area contributed by atoms with Gasteiger partial charge >= 0.3 is 11.9 Å². The minimum Gasteiger partial charge on any atom is -0.481 e. The van der Waals surface area contributed by atoms with Crippen LogP contribution in [0, 0.1) is 5.92 Å². The number of hydrogen-bond donors (Lipinski definition) is 2. The van der Waals surface area contributed by atoms with Crippen LogP contribution in [0.15, 0.2) is 0 Å². The van der Waals surface area contributed by atoms with E-state index in [2.05, 4.69) is 4.74 Å². The lowest BCUT2D eigenvalue weighted by Gasteiger charge is -2.04. The molecule has 0 saturated heterocycles. The lowest BCUT2D eigenvalue weighted by atomic mass is 10.2. The van der Waals surface area contributed by atoms with E-state index in [1.165, 1.54) is 0 Å². The molecule has 0 aliphatic rings. The molecule has 5 nitrogen and oxygen atoms in total. The van der Waals surface area contributed by atoms with Gasteiger partial charge in [0.2, 0.25) is 0 Å². The summed E-state index contributed by atoms with van der Waals surface area (Å²) in [6.45, 7) is -0.734. The predicted octanol–water partition coefficient (Wildman–Crippen LogP) is -1.15. The third kappa shape index (κ3) is 2.02. The van der Waals surface area contributed by atoms with Crippen LogP contribution in [0.4, 0.5) is 0 Å². The van der Waals surface area contributed by atoms with Crippen LogP contribution in [0.3, 0.4) is 0 Å². The Balaban J connectivity index is 4.06. The molecule has 0 heterocycles. The molecule has 1 unspecified atom stereocenters. The number of ether oxygens (including phenoxy) is 1. The second kappa shape index (κ2) is 3.84. The molecule has 0 aromatic rings. The highest BCUT2D eigenvalue weighted by atomic mass is 16.5. The summed E-state index contributed by atoms with van der Waals surface area (Å²) in [5.74, 6) is -3.77. The fraction of sp³-hybridized carbons (Fsp3) is 0.600. The number of aliphatic hydroxyl groups excluding tert-OH is 1. The van der Waals surface area contributed by atoms with Crippen LogP contribution in [-0.4, -0.2) is 35.9 Å². The Morgan fingerprint density at radius 2 is 2.10 bits per heavy atom. The first-order valence-corrected chi connectivity index (χ1v) is 2.55. The maximum Gasteiger partial charge on any atom is 0.322 e. The fourth-order valence-corrected chi connectivity index (χ4v) is 0.396. The number of aliphatic hydroxyl groups is 1. The van der Waals surface area contributed by atoms with E-state index in [1.54, 1.807) is 0 Å². The van der Waals surface area contributed by atoms with Crippen LogP contribution in [-0.2, 0) is 14.3 Å². The quantitative estimate of drug-likeness (QED) is 0.390. The highest BCUT2D eigenvalue weighted by Gasteiger charge is 2.25. The van der Waals surface area contributed by atoms with Gasteiger partial charge in [0.25, 0.3) is 0 Å². The zero-order chi connectivity index (χ0) is 8.15. The van der Waals surface area contributed by atoms with Gasteiger partial charge in [-0.15, -0.1) is 0 Å². The van der Waals surface area contributed by atoms with E-state index in [9.17, 15) is 9.59 Å². The summed E-state index contributed by atoms with van der Waals surface area (Å²) in [5.41, 5.74) is 0. The molecule has 0 rings (SSSR count). The number of carboxylic acids is 1. The number of aliphatic carboxylic acids is 1. The van der Waals surface area contributed by atoms with E-state index in [0.717, 1.165) is 7.11 Å². The molecule has 0 aromatic heterocycles. The molecule has 0 aliphatic heterocycles. The smallest absolute Gasteiger partial charge is 0.322 e. The summed E-state index contributed by atoms with van der Waals surface area (Å²) in [6.07, 6.45) is 0. The first kappa shape index (κ1) is 8.90. The van der Waals surface area contributed by atoms with Crippen molar-refractivity contribution in [2.45, 2.75) is 0 Å². The Morgan fingerprint density at radius 3 is 2.20 bits per heavy atom. The maximum absolute atomic E-state index is 10.4. The molecule has 10 heavy (non-hydrogen) atoms. The minimum absolute atomic E-state index is 0.734. The van der Waals surface area contributed by atoms with Crippen molar-refractivity contribution in [2.75, 3.05) is 13.7 Å². The average molecular weight is 148 g/mol. The molecule has 0 saturated carbocycles. The van der Waals surface area contributed by atoms with Crippen molar-refractivity contribution in [3.05, 3.63) is 0 Å². The van der Waals surface area contributed by atoms with Crippen LogP contribution in [0.5, 0.6) is 0 Å². The SMILES string of the molecule is COC(=O)C(CO)C(=O)O. The summed E-state index contributed by atoms with van der Waals surface area (Å²) in [6, 6.07) is 0. The van der Waals surface area contributed by atoms with Crippen molar-refractivity contribution in [2.24, 2.45) is 5.92 Å². The Bertz CT molecular complexity index is 141. The number of carbonyl (C=O) groups excluding carboxylic acids is 1. The Kier molecular flexibility index (Phi) is 3.42. The zero-order valence-electron chi connectivity index (χ0n) is 5.40. The first-order valence-electron chi connectivity index (χ1n) is 2.55. The summed E-state index contributed by atoms with van der Waals surface area (Å²) < 4.78 is 4.08. The fourth-order valence-electron chi connectivity index (χ4n) is 0.396. The molecule has 58 valence electrons. The number of carbonyl (C=O) groups is 2. The second-order valence-electron chi connectivity index (χ2n) is 1.60. The van der Waals surface area contributed by atoms with Gasteiger partial charge in [0.1, 0.15) is 0 Å². The molecule has 0 fully saturated rings. The van der Waals surface area contributed by atoms with Gasteiger partial charge in [0, 0.05) is 0 Å². The van der Waals surface area contributed by atoms with Crippen molar-refractivity contribution < 1.29 is 24.5 Å². The minimum atomic E-state index is -1.45. The molecule has 0 aliphatic carbocycles. The van der Waals surface area contributed by atoms with Crippen molar-refractivity contribution in [1.82, 2.24) is 0 Å². The third-order valence-electron chi connectivity index (χ3n) is 0.966. The topological polar surface area (TPSA) is 83.8 Å². The van der Waals surface area contributed by atoms with Crippen molar-refractivity contribution in [3.8, 4) is 0 Å². The largest absolute Gasteiger partial charge is 0.481 e. The molecular formula is C5H8O5. The van der Waals surface area contributed by atoms with E-state index >= 15 is 0 Å². The van der Waals surface area contributed by atoms with Crippen LogP contribution in [0.25, 0.3) is 0 Å². The van der Waals surface area contributed by atoms with E-state index < -0.39 is 24.5 Å². The van der Waals surface area contributed by atoms with Gasteiger partial charge in [-0.05, 0) is 0 Å². The Hall–Kier alpha value is -1.10. The lowest BCUT2D eigenvalue weighted by molar-refractivity contribution is -0.158. The standard InChI is InChI=1S/C5H8O5/c1-10-5(9)3(2-6)4(7)8/h3,6H,2H2,1H3,(H,7,8). The Labute approximate surface area is 57.2 Å². The summed E-state index contributed by atoms with van der Waals surface area (Å²) in [7, 11) is 1.06. The highest BCUT2D eigenvalue weighted by molar-refractivity contribution is 5.93. The summed E-state index contributed by atoms with van der Waals surface area (Å²) >= 11 is 0. The van der Waals surface area contributed by atoms with Gasteiger partial charge in [0.05, 0.1) is 13.7 Å². The van der Waals surface area contributed by atoms with Gasteiger partial charge in [0.15, 0.2) is 5.92 Å². The van der Waals surface area contributed by atoms with Gasteiger partial charge in [-0.1, -0.05) is 0 Å². The molecular weight excluding hydrogens is 140 g/mol. The number of methoxy groups -OCH3 is 1. The third-order valence-corrected chi connectivity index (χ3v) is 0.966. The summed E-state index contributed by atoms with van der Waals surface area (Å²) in [5, 5.41) is 16.5. The lowest BCUT2D eigenvalue weighted by Crippen LogP contribution is -2.28. The second-order valence-corrected chi connectivity index (χ2v) is 1.60. The monoisotopic (exact) mass is 148 g/mol. The number of carboxylic acid groups (broad SMARTS) is 1. The predicted molar refractivity (Wildman–Crippen MR) is 30.2 cm³/mol. The van der Waals surface area contributed by atoms with E-state index in [1.807, 2.05) is 0 Å². The highest BCUT2D eigenvalue weighted by Crippen LogP contribution is 1.96. The average Bonchev–Trinajstić information content (AvgIpc) is 1.88. The first-order chi connectivity index (χ1) is 4.63. The number of rotatable bonds is 3. The maximum atomic E-state index is 10.4. The van der Waals surface area contributed by atoms with Crippen molar-refractivity contribution >= 4 is 11.9 Å². The van der Waals surface area contributed by atoms with Gasteiger partial charge in [-0.2, -0.15) is 0 Å². The van der Waals surface area contributed by atoms with Crippen LogP contribution >= 0.6 is 0 Å². The molecule has 0 bridgehead atoms. The Morgan fingerprint density at radius 1 is 1.60 bits per heavy atom. The molecule has 0 spiro atoms. The van der Waals surface area contributed by atoms with Crippen molar-refractivity contribution in [1.29, 1.82) is 0 Å². The number of esters is 1.